The van der Waals surface area contributed by atoms with E-state index >= 15 is 0 Å². The van der Waals surface area contributed by atoms with Crippen LogP contribution >= 0.6 is 0 Å². The Morgan fingerprint density at radius 2 is 2.50 bits per heavy atom. The van der Waals surface area contributed by atoms with E-state index < -0.39 is 0 Å². The van der Waals surface area contributed by atoms with Crippen molar-refractivity contribution >= 4 is 5.84 Å². The van der Waals surface area contributed by atoms with Gasteiger partial charge in [-0.25, -0.2) is 5.01 Å². The van der Waals surface area contributed by atoms with Crippen LogP contribution in [0, 0.1) is 11.3 Å². The average molecular weight is 139 g/mol. The topological polar surface area (TPSA) is 48.4 Å². The first-order valence-electron chi connectivity index (χ1n) is 3.12. The van der Waals surface area contributed by atoms with E-state index in [1.807, 2.05) is 5.01 Å². The molecule has 0 amide bonds. The standard InChI is InChI=1S/C4H6N2O.C2H3N/c1-2-7-3-4-5-6(1)4;1-2-3/h1-3H2;1H3. The fourth-order valence-electron chi connectivity index (χ4n) is 0.714. The molecule has 0 aliphatic carbocycles. The van der Waals surface area contributed by atoms with Crippen molar-refractivity contribution in [3.63, 3.8) is 0 Å². The van der Waals surface area contributed by atoms with Gasteiger partial charge < -0.3 is 4.74 Å². The van der Waals surface area contributed by atoms with Crippen LogP contribution in [0.15, 0.2) is 5.10 Å². The van der Waals surface area contributed by atoms with Crippen LogP contribution < -0.4 is 0 Å². The number of morpholine rings is 1. The van der Waals surface area contributed by atoms with Crippen molar-refractivity contribution in [2.24, 2.45) is 5.10 Å². The number of hydrazone groups is 1. The Bertz CT molecular complexity index is 182. The number of ether oxygens (including phenoxy) is 1. The Morgan fingerprint density at radius 1 is 1.80 bits per heavy atom. The Labute approximate surface area is 59.7 Å². The Kier molecular flexibility index (Phi) is 2.24. The molecule has 0 spiro atoms. The zero-order valence-electron chi connectivity index (χ0n) is 5.87. The third kappa shape index (κ3) is 1.71. The SMILES string of the molecule is C1CN2N=C2CO1.CC#N. The van der Waals surface area contributed by atoms with Gasteiger partial charge in [-0.05, 0) is 0 Å². The molecule has 2 rings (SSSR count). The quantitative estimate of drug-likeness (QED) is 0.481. The summed E-state index contributed by atoms with van der Waals surface area (Å²) >= 11 is 0. The fraction of sp³-hybridized carbons (Fsp3) is 0.667. The van der Waals surface area contributed by atoms with Crippen LogP contribution in [0.4, 0.5) is 0 Å². The molecule has 0 unspecified atom stereocenters. The molecule has 1 fully saturated rings. The molecule has 0 atom stereocenters. The lowest BCUT2D eigenvalue weighted by atomic mass is 10.5. The number of hydrogen-bond acceptors (Lipinski definition) is 4. The summed E-state index contributed by atoms with van der Waals surface area (Å²) in [4.78, 5) is 0. The van der Waals surface area contributed by atoms with Crippen molar-refractivity contribution in [3.05, 3.63) is 0 Å². The van der Waals surface area contributed by atoms with Crippen LogP contribution in [-0.2, 0) is 4.74 Å². The minimum atomic E-state index is 0.736. The first-order chi connectivity index (χ1) is 4.88. The Morgan fingerprint density at radius 3 is 2.90 bits per heavy atom. The van der Waals surface area contributed by atoms with Gasteiger partial charge in [-0.1, -0.05) is 0 Å². The molecule has 0 aromatic carbocycles. The van der Waals surface area contributed by atoms with E-state index in [4.69, 9.17) is 10.00 Å². The molecule has 0 aromatic heterocycles. The van der Waals surface area contributed by atoms with Crippen LogP contribution in [0.2, 0.25) is 0 Å². The zero-order chi connectivity index (χ0) is 7.40. The summed E-state index contributed by atoms with van der Waals surface area (Å²) in [5.41, 5.74) is 0. The third-order valence-corrected chi connectivity index (χ3v) is 1.17. The highest BCUT2D eigenvalue weighted by Gasteiger charge is 2.26. The van der Waals surface area contributed by atoms with E-state index in [0.717, 1.165) is 25.6 Å². The number of nitriles is 1. The summed E-state index contributed by atoms with van der Waals surface area (Å²) in [6.07, 6.45) is 0. The fourth-order valence-corrected chi connectivity index (χ4v) is 0.714. The minimum Gasteiger partial charge on any atom is -0.371 e. The van der Waals surface area contributed by atoms with Gasteiger partial charge in [0.25, 0.3) is 0 Å². The van der Waals surface area contributed by atoms with Gasteiger partial charge in [-0.3, -0.25) is 0 Å². The summed E-state index contributed by atoms with van der Waals surface area (Å²) in [7, 11) is 0. The lowest BCUT2D eigenvalue weighted by molar-refractivity contribution is 0.142. The smallest absolute Gasteiger partial charge is 0.171 e. The molecule has 0 aromatic rings. The Hall–Kier alpha value is -1.08. The van der Waals surface area contributed by atoms with E-state index in [2.05, 4.69) is 5.10 Å². The van der Waals surface area contributed by atoms with Crippen molar-refractivity contribution in [3.8, 4) is 6.07 Å². The van der Waals surface area contributed by atoms with Crippen LogP contribution in [0.5, 0.6) is 0 Å². The molecule has 0 radical (unpaired) electrons. The maximum Gasteiger partial charge on any atom is 0.171 e. The Balaban J connectivity index is 0.000000148. The van der Waals surface area contributed by atoms with Crippen molar-refractivity contribution in [1.29, 1.82) is 5.26 Å². The second kappa shape index (κ2) is 3.18. The molecule has 54 valence electrons. The third-order valence-electron chi connectivity index (χ3n) is 1.17. The van der Waals surface area contributed by atoms with Crippen LogP contribution in [0.3, 0.4) is 0 Å². The number of fused-ring (bicyclic) bond motifs is 1. The first kappa shape index (κ1) is 7.03. The van der Waals surface area contributed by atoms with E-state index in [1.54, 1.807) is 6.07 Å². The molecule has 10 heavy (non-hydrogen) atoms. The summed E-state index contributed by atoms with van der Waals surface area (Å²) in [5.74, 6) is 1.12. The summed E-state index contributed by atoms with van der Waals surface area (Å²) < 4.78 is 5.05. The highest BCUT2D eigenvalue weighted by molar-refractivity contribution is 5.92. The van der Waals surface area contributed by atoms with E-state index in [1.165, 1.54) is 6.92 Å². The maximum atomic E-state index is 7.32. The molecule has 2 heterocycles. The molecule has 1 saturated heterocycles. The van der Waals surface area contributed by atoms with E-state index in [-0.39, 0.29) is 0 Å². The largest absolute Gasteiger partial charge is 0.371 e. The number of hydrogen-bond donors (Lipinski definition) is 0. The summed E-state index contributed by atoms with van der Waals surface area (Å²) in [6, 6.07) is 1.75. The maximum absolute atomic E-state index is 7.32. The van der Waals surface area contributed by atoms with Gasteiger partial charge in [0.2, 0.25) is 0 Å². The van der Waals surface area contributed by atoms with Gasteiger partial charge in [0.05, 0.1) is 19.2 Å². The van der Waals surface area contributed by atoms with Gasteiger partial charge in [-0.15, -0.1) is 0 Å². The number of nitrogens with zero attached hydrogens (tertiary/aromatic N) is 3. The minimum absolute atomic E-state index is 0.736. The monoisotopic (exact) mass is 139 g/mol. The summed E-state index contributed by atoms with van der Waals surface area (Å²) in [5, 5.41) is 13.3. The highest BCUT2D eigenvalue weighted by atomic mass is 16.5. The average Bonchev–Trinajstić information content (AvgIpc) is 2.66. The molecule has 2 aliphatic rings. The predicted molar refractivity (Wildman–Crippen MR) is 36.2 cm³/mol. The molecule has 2 aliphatic heterocycles. The second-order valence-corrected chi connectivity index (χ2v) is 1.92. The van der Waals surface area contributed by atoms with Crippen LogP contribution in [0.25, 0.3) is 0 Å². The van der Waals surface area contributed by atoms with E-state index in [0.29, 0.717) is 0 Å². The van der Waals surface area contributed by atoms with Crippen molar-refractivity contribution in [1.82, 2.24) is 5.01 Å². The van der Waals surface area contributed by atoms with Gasteiger partial charge in [0.15, 0.2) is 5.84 Å². The highest BCUT2D eigenvalue weighted by Crippen LogP contribution is 2.12. The molecule has 0 bridgehead atoms. The second-order valence-electron chi connectivity index (χ2n) is 1.92. The normalized spacial score (nSPS) is 19.2. The first-order valence-corrected chi connectivity index (χ1v) is 3.12. The van der Waals surface area contributed by atoms with E-state index in [9.17, 15) is 0 Å². The predicted octanol–water partition coefficient (Wildman–Crippen LogP) is 0.176. The van der Waals surface area contributed by atoms with Gasteiger partial charge in [0.1, 0.15) is 6.61 Å². The lowest BCUT2D eigenvalue weighted by Crippen LogP contribution is -2.23. The molecule has 0 N–H and O–H groups in total. The summed E-state index contributed by atoms with van der Waals surface area (Å²) in [6.45, 7) is 3.97. The van der Waals surface area contributed by atoms with Crippen LogP contribution in [-0.4, -0.2) is 30.6 Å². The van der Waals surface area contributed by atoms with Crippen molar-refractivity contribution in [2.75, 3.05) is 19.8 Å². The van der Waals surface area contributed by atoms with Gasteiger partial charge in [-0.2, -0.15) is 10.4 Å². The molecule has 0 saturated carbocycles. The van der Waals surface area contributed by atoms with Crippen molar-refractivity contribution in [2.45, 2.75) is 6.92 Å². The molecular formula is C6H9N3O. The van der Waals surface area contributed by atoms with Crippen molar-refractivity contribution < 1.29 is 4.74 Å². The molecular weight excluding hydrogens is 130 g/mol. The molecule has 4 heteroatoms. The van der Waals surface area contributed by atoms with Gasteiger partial charge >= 0.3 is 0 Å². The number of rotatable bonds is 0. The zero-order valence-corrected chi connectivity index (χ0v) is 5.87. The van der Waals surface area contributed by atoms with Gasteiger partial charge in [0, 0.05) is 6.92 Å². The lowest BCUT2D eigenvalue weighted by Gasteiger charge is -2.07. The van der Waals surface area contributed by atoms with Crippen LogP contribution in [0.1, 0.15) is 6.92 Å². The number of amidine groups is 1. The molecule has 4 nitrogen and oxygen atoms in total.